The Balaban J connectivity index is 1.47. The van der Waals surface area contributed by atoms with Gasteiger partial charge in [0.2, 0.25) is 0 Å². The number of carboxylic acid groups (broad SMARTS) is 1. The maximum absolute atomic E-state index is 12.6. The van der Waals surface area contributed by atoms with Gasteiger partial charge in [-0.05, 0) is 59.7 Å². The molecule has 22 heavy (non-hydrogen) atoms. The molecule has 1 aromatic carbocycles. The highest BCUT2D eigenvalue weighted by Crippen LogP contribution is 2.59. The molecule has 0 bridgehead atoms. The number of aliphatic carboxylic acids is 1. The number of hydrogen-bond acceptors (Lipinski definition) is 3. The van der Waals surface area contributed by atoms with E-state index in [-0.39, 0.29) is 17.2 Å². The second kappa shape index (κ2) is 4.81. The zero-order valence-corrected chi connectivity index (χ0v) is 12.9. The highest BCUT2D eigenvalue weighted by atomic mass is 32.1. The topological polar surface area (TPSA) is 57.6 Å². The zero-order chi connectivity index (χ0) is 15.3. The lowest BCUT2D eigenvalue weighted by Crippen LogP contribution is -2.40. The number of benzene rings is 1. The Morgan fingerprint density at radius 3 is 2.68 bits per heavy atom. The van der Waals surface area contributed by atoms with Gasteiger partial charge in [0, 0.05) is 23.4 Å². The first-order chi connectivity index (χ1) is 10.6. The molecule has 1 spiro atoms. The van der Waals surface area contributed by atoms with Crippen LogP contribution in [0, 0.1) is 11.3 Å². The third kappa shape index (κ3) is 2.11. The van der Waals surface area contributed by atoms with E-state index in [0.717, 1.165) is 30.2 Å². The van der Waals surface area contributed by atoms with Crippen molar-refractivity contribution in [2.24, 2.45) is 11.3 Å². The molecule has 1 aromatic heterocycles. The number of nitrogens with zero attached hydrogens (tertiary/aromatic N) is 1. The van der Waals surface area contributed by atoms with Crippen LogP contribution in [-0.2, 0) is 4.79 Å². The van der Waals surface area contributed by atoms with Crippen LogP contribution in [-0.4, -0.2) is 35.0 Å². The Morgan fingerprint density at radius 1 is 1.23 bits per heavy atom. The third-order valence-corrected chi connectivity index (χ3v) is 6.13. The number of thiophene rings is 1. The van der Waals surface area contributed by atoms with E-state index in [1.165, 1.54) is 4.70 Å². The quantitative estimate of drug-likeness (QED) is 0.925. The number of likely N-dealkylation sites (tertiary alicyclic amines) is 1. The summed E-state index contributed by atoms with van der Waals surface area (Å²) in [6.45, 7) is 1.34. The van der Waals surface area contributed by atoms with Crippen LogP contribution < -0.4 is 0 Å². The minimum Gasteiger partial charge on any atom is -0.481 e. The number of hydrogen-bond donors (Lipinski definition) is 1. The summed E-state index contributed by atoms with van der Waals surface area (Å²) in [5, 5.41) is 12.3. The average molecular weight is 315 g/mol. The molecule has 1 N–H and O–H groups in total. The molecule has 4 rings (SSSR count). The monoisotopic (exact) mass is 315 g/mol. The second-order valence-corrected chi connectivity index (χ2v) is 7.37. The molecule has 1 aliphatic carbocycles. The summed E-state index contributed by atoms with van der Waals surface area (Å²) in [5.74, 6) is -0.801. The standard InChI is InChI=1S/C17H17NO3S/c19-15(12-1-2-14-11(9-12)3-8-22-14)18-6-4-17(5-7-18)10-13(17)16(20)21/h1-3,8-9,13H,4-7,10H2,(H,20,21). The Hall–Kier alpha value is -1.88. The Kier molecular flexibility index (Phi) is 3.01. The molecule has 5 heteroatoms. The van der Waals surface area contributed by atoms with Gasteiger partial charge in [-0.2, -0.15) is 0 Å². The van der Waals surface area contributed by atoms with Gasteiger partial charge in [0.25, 0.3) is 5.91 Å². The predicted octanol–water partition coefficient (Wildman–Crippen LogP) is 3.23. The van der Waals surface area contributed by atoms with Crippen molar-refractivity contribution in [2.45, 2.75) is 19.3 Å². The van der Waals surface area contributed by atoms with Gasteiger partial charge in [-0.3, -0.25) is 9.59 Å². The summed E-state index contributed by atoms with van der Waals surface area (Å²) in [4.78, 5) is 25.6. The summed E-state index contributed by atoms with van der Waals surface area (Å²) in [6.07, 6.45) is 2.41. The molecule has 2 aliphatic rings. The molecule has 2 aromatic rings. The van der Waals surface area contributed by atoms with Crippen LogP contribution >= 0.6 is 11.3 Å². The lowest BCUT2D eigenvalue weighted by Gasteiger charge is -2.32. The van der Waals surface area contributed by atoms with Crippen molar-refractivity contribution in [1.82, 2.24) is 4.90 Å². The molecule has 1 saturated heterocycles. The van der Waals surface area contributed by atoms with Gasteiger partial charge >= 0.3 is 5.97 Å². The fourth-order valence-electron chi connectivity index (χ4n) is 3.69. The molecule has 1 unspecified atom stereocenters. The van der Waals surface area contributed by atoms with E-state index in [0.29, 0.717) is 13.1 Å². The average Bonchev–Trinajstić information content (AvgIpc) is 3.03. The largest absolute Gasteiger partial charge is 0.481 e. The smallest absolute Gasteiger partial charge is 0.307 e. The summed E-state index contributed by atoms with van der Waals surface area (Å²) in [7, 11) is 0. The molecule has 2 fully saturated rings. The van der Waals surface area contributed by atoms with Crippen LogP contribution in [0.4, 0.5) is 0 Å². The molecule has 2 heterocycles. The fourth-order valence-corrected chi connectivity index (χ4v) is 4.46. The van der Waals surface area contributed by atoms with Crippen LogP contribution in [0.2, 0.25) is 0 Å². The van der Waals surface area contributed by atoms with Gasteiger partial charge in [-0.25, -0.2) is 0 Å². The number of amides is 1. The first-order valence-corrected chi connectivity index (χ1v) is 8.46. The summed E-state index contributed by atoms with van der Waals surface area (Å²) in [5.41, 5.74) is 0.701. The van der Waals surface area contributed by atoms with Gasteiger partial charge in [-0.1, -0.05) is 0 Å². The normalized spacial score (nSPS) is 22.9. The molecule has 114 valence electrons. The van der Waals surface area contributed by atoms with Gasteiger partial charge < -0.3 is 10.0 Å². The first kappa shape index (κ1) is 13.8. The highest BCUT2D eigenvalue weighted by Gasteiger charge is 2.59. The van der Waals surface area contributed by atoms with Crippen molar-refractivity contribution in [2.75, 3.05) is 13.1 Å². The number of carbonyl (C=O) groups excluding carboxylic acids is 1. The van der Waals surface area contributed by atoms with Gasteiger partial charge in [-0.15, -0.1) is 11.3 Å². The molecular weight excluding hydrogens is 298 g/mol. The van der Waals surface area contributed by atoms with Crippen molar-refractivity contribution in [3.63, 3.8) is 0 Å². The van der Waals surface area contributed by atoms with E-state index in [1.807, 2.05) is 34.5 Å². The van der Waals surface area contributed by atoms with Crippen molar-refractivity contribution in [3.8, 4) is 0 Å². The van der Waals surface area contributed by atoms with E-state index in [9.17, 15) is 9.59 Å². The van der Waals surface area contributed by atoms with Gasteiger partial charge in [0.05, 0.1) is 5.92 Å². The van der Waals surface area contributed by atoms with Crippen molar-refractivity contribution >= 4 is 33.3 Å². The van der Waals surface area contributed by atoms with E-state index in [2.05, 4.69) is 0 Å². The summed E-state index contributed by atoms with van der Waals surface area (Å²) >= 11 is 1.67. The minimum atomic E-state index is -0.678. The van der Waals surface area contributed by atoms with Crippen LogP contribution in [0.5, 0.6) is 0 Å². The molecular formula is C17H17NO3S. The van der Waals surface area contributed by atoms with Crippen molar-refractivity contribution in [3.05, 3.63) is 35.2 Å². The van der Waals surface area contributed by atoms with Crippen molar-refractivity contribution < 1.29 is 14.7 Å². The Morgan fingerprint density at radius 2 is 2.00 bits per heavy atom. The van der Waals surface area contributed by atoms with Crippen LogP contribution in [0.1, 0.15) is 29.6 Å². The number of piperidine rings is 1. The second-order valence-electron chi connectivity index (χ2n) is 6.42. The van der Waals surface area contributed by atoms with Crippen LogP contribution in [0.3, 0.4) is 0 Å². The third-order valence-electron chi connectivity index (χ3n) is 5.23. The summed E-state index contributed by atoms with van der Waals surface area (Å²) < 4.78 is 1.19. The lowest BCUT2D eigenvalue weighted by atomic mass is 9.90. The first-order valence-electron chi connectivity index (χ1n) is 7.58. The highest BCUT2D eigenvalue weighted by molar-refractivity contribution is 7.17. The maximum atomic E-state index is 12.6. The minimum absolute atomic E-state index is 0.0279. The SMILES string of the molecule is O=C(O)C1CC12CCN(C(=O)c1ccc3sccc3c1)CC2. The zero-order valence-electron chi connectivity index (χ0n) is 12.1. The summed E-state index contributed by atoms with van der Waals surface area (Å²) in [6, 6.07) is 7.88. The van der Waals surface area contributed by atoms with Gasteiger partial charge in [0.1, 0.15) is 0 Å². The lowest BCUT2D eigenvalue weighted by molar-refractivity contribution is -0.139. The number of carbonyl (C=O) groups is 2. The van der Waals surface area contributed by atoms with Crippen LogP contribution in [0.15, 0.2) is 29.6 Å². The number of rotatable bonds is 2. The molecule has 4 nitrogen and oxygen atoms in total. The predicted molar refractivity (Wildman–Crippen MR) is 85.1 cm³/mol. The molecule has 0 radical (unpaired) electrons. The van der Waals surface area contributed by atoms with E-state index >= 15 is 0 Å². The molecule has 1 atom stereocenters. The number of carboxylic acids is 1. The maximum Gasteiger partial charge on any atom is 0.307 e. The molecule has 1 aliphatic heterocycles. The Bertz CT molecular complexity index is 758. The molecule has 1 saturated carbocycles. The number of fused-ring (bicyclic) bond motifs is 1. The van der Waals surface area contributed by atoms with E-state index < -0.39 is 5.97 Å². The van der Waals surface area contributed by atoms with E-state index in [4.69, 9.17) is 5.11 Å². The van der Waals surface area contributed by atoms with E-state index in [1.54, 1.807) is 11.3 Å². The molecule has 1 amide bonds. The van der Waals surface area contributed by atoms with Crippen molar-refractivity contribution in [1.29, 1.82) is 0 Å². The fraction of sp³-hybridized carbons (Fsp3) is 0.412. The Labute approximate surface area is 132 Å². The van der Waals surface area contributed by atoms with Gasteiger partial charge in [0.15, 0.2) is 0 Å². The van der Waals surface area contributed by atoms with Crippen LogP contribution in [0.25, 0.3) is 10.1 Å².